The Labute approximate surface area is 141 Å². The summed E-state index contributed by atoms with van der Waals surface area (Å²) in [7, 11) is 0. The van der Waals surface area contributed by atoms with Gasteiger partial charge in [-0.2, -0.15) is 0 Å². The number of aromatic nitrogens is 1. The summed E-state index contributed by atoms with van der Waals surface area (Å²) < 4.78 is 5.81. The molecule has 120 valence electrons. The average Bonchev–Trinajstić information content (AvgIpc) is 2.62. The second-order valence-electron chi connectivity index (χ2n) is 5.49. The molecule has 3 aromatic rings. The van der Waals surface area contributed by atoms with Crippen LogP contribution >= 0.6 is 0 Å². The highest BCUT2D eigenvalue weighted by Gasteiger charge is 2.05. The molecule has 0 atom stereocenters. The number of nitrogens with one attached hydrogen (secondary N) is 1. The molecule has 1 aromatic heterocycles. The summed E-state index contributed by atoms with van der Waals surface area (Å²) in [5.74, 6) is 1.44. The number of carbonyl (C=O) groups excluding carboxylic acids is 1. The van der Waals surface area contributed by atoms with Gasteiger partial charge in [0, 0.05) is 18.9 Å². The summed E-state index contributed by atoms with van der Waals surface area (Å²) in [6, 6.07) is 19.1. The quantitative estimate of drug-likeness (QED) is 0.770. The van der Waals surface area contributed by atoms with Crippen LogP contribution in [0.5, 0.6) is 11.5 Å². The van der Waals surface area contributed by atoms with Crippen molar-refractivity contribution in [2.45, 2.75) is 13.5 Å². The Hall–Kier alpha value is -3.14. The summed E-state index contributed by atoms with van der Waals surface area (Å²) in [4.78, 5) is 15.9. The van der Waals surface area contributed by atoms with Crippen LogP contribution in [0.15, 0.2) is 73.1 Å². The van der Waals surface area contributed by atoms with E-state index in [1.807, 2.05) is 55.5 Å². The number of pyridine rings is 1. The molecule has 3 rings (SSSR count). The summed E-state index contributed by atoms with van der Waals surface area (Å²) in [5.41, 5.74) is 2.71. The molecular formula is C20H18N2O2. The van der Waals surface area contributed by atoms with E-state index in [0.717, 1.165) is 22.6 Å². The van der Waals surface area contributed by atoms with Crippen molar-refractivity contribution >= 4 is 5.91 Å². The fourth-order valence-electron chi connectivity index (χ4n) is 2.27. The lowest BCUT2D eigenvalue weighted by Gasteiger charge is -2.08. The lowest BCUT2D eigenvalue weighted by atomic mass is 10.2. The van der Waals surface area contributed by atoms with Gasteiger partial charge in [-0.1, -0.05) is 24.3 Å². The van der Waals surface area contributed by atoms with Gasteiger partial charge in [-0.05, 0) is 54.4 Å². The third-order valence-electron chi connectivity index (χ3n) is 3.53. The van der Waals surface area contributed by atoms with E-state index in [0.29, 0.717) is 12.1 Å². The summed E-state index contributed by atoms with van der Waals surface area (Å²) in [5, 5.41) is 2.87. The molecule has 0 radical (unpaired) electrons. The van der Waals surface area contributed by atoms with Crippen molar-refractivity contribution in [1.82, 2.24) is 10.3 Å². The van der Waals surface area contributed by atoms with Crippen LogP contribution in [-0.4, -0.2) is 10.9 Å². The van der Waals surface area contributed by atoms with Gasteiger partial charge < -0.3 is 10.1 Å². The SMILES string of the molecule is Cc1cccc(Oc2ccc(CNC(=O)c3cccnc3)cc2)c1. The normalized spacial score (nSPS) is 10.2. The number of ether oxygens (including phenoxy) is 1. The molecule has 0 fully saturated rings. The van der Waals surface area contributed by atoms with Gasteiger partial charge in [0.1, 0.15) is 11.5 Å². The molecule has 0 aliphatic carbocycles. The maximum atomic E-state index is 12.0. The van der Waals surface area contributed by atoms with E-state index < -0.39 is 0 Å². The number of hydrogen-bond acceptors (Lipinski definition) is 3. The lowest BCUT2D eigenvalue weighted by Crippen LogP contribution is -2.22. The highest BCUT2D eigenvalue weighted by Crippen LogP contribution is 2.22. The summed E-state index contributed by atoms with van der Waals surface area (Å²) in [6.45, 7) is 2.49. The van der Waals surface area contributed by atoms with E-state index in [1.54, 1.807) is 24.5 Å². The van der Waals surface area contributed by atoms with Crippen molar-refractivity contribution in [3.05, 3.63) is 89.7 Å². The monoisotopic (exact) mass is 318 g/mol. The molecule has 0 saturated heterocycles. The van der Waals surface area contributed by atoms with Crippen LogP contribution in [0.25, 0.3) is 0 Å². The highest BCUT2D eigenvalue weighted by atomic mass is 16.5. The molecule has 0 bridgehead atoms. The molecule has 4 nitrogen and oxygen atoms in total. The van der Waals surface area contributed by atoms with Gasteiger partial charge in [0.2, 0.25) is 0 Å². The minimum absolute atomic E-state index is 0.136. The minimum Gasteiger partial charge on any atom is -0.457 e. The topological polar surface area (TPSA) is 51.2 Å². The van der Waals surface area contributed by atoms with E-state index in [2.05, 4.69) is 10.3 Å². The molecule has 0 aliphatic heterocycles. The standard InChI is InChI=1S/C20H18N2O2/c1-15-4-2-6-19(12-15)24-18-9-7-16(8-10-18)13-22-20(23)17-5-3-11-21-14-17/h2-12,14H,13H2,1H3,(H,22,23). The third-order valence-corrected chi connectivity index (χ3v) is 3.53. The molecule has 1 amide bonds. The van der Waals surface area contributed by atoms with Gasteiger partial charge in [-0.25, -0.2) is 0 Å². The lowest BCUT2D eigenvalue weighted by molar-refractivity contribution is 0.0950. The van der Waals surface area contributed by atoms with E-state index >= 15 is 0 Å². The average molecular weight is 318 g/mol. The van der Waals surface area contributed by atoms with E-state index in [1.165, 1.54) is 0 Å². The van der Waals surface area contributed by atoms with Gasteiger partial charge >= 0.3 is 0 Å². The second-order valence-corrected chi connectivity index (χ2v) is 5.49. The molecule has 0 aliphatic rings. The van der Waals surface area contributed by atoms with Gasteiger partial charge in [-0.3, -0.25) is 9.78 Å². The van der Waals surface area contributed by atoms with Crippen molar-refractivity contribution in [1.29, 1.82) is 0 Å². The number of nitrogens with zero attached hydrogens (tertiary/aromatic N) is 1. The minimum atomic E-state index is -0.136. The molecule has 4 heteroatoms. The first-order valence-electron chi connectivity index (χ1n) is 7.72. The molecule has 2 aromatic carbocycles. The smallest absolute Gasteiger partial charge is 0.253 e. The van der Waals surface area contributed by atoms with Crippen molar-refractivity contribution < 1.29 is 9.53 Å². The predicted octanol–water partition coefficient (Wildman–Crippen LogP) is 4.11. The molecular weight excluding hydrogens is 300 g/mol. The molecule has 24 heavy (non-hydrogen) atoms. The van der Waals surface area contributed by atoms with E-state index in [-0.39, 0.29) is 5.91 Å². The Morgan fingerprint density at radius 3 is 2.58 bits per heavy atom. The Morgan fingerprint density at radius 1 is 1.04 bits per heavy atom. The molecule has 1 heterocycles. The number of benzene rings is 2. The molecule has 1 N–H and O–H groups in total. The van der Waals surface area contributed by atoms with Crippen LogP contribution in [0.3, 0.4) is 0 Å². The van der Waals surface area contributed by atoms with Crippen LogP contribution in [0.2, 0.25) is 0 Å². The fraction of sp³-hybridized carbons (Fsp3) is 0.100. The van der Waals surface area contributed by atoms with Crippen molar-refractivity contribution in [2.75, 3.05) is 0 Å². The van der Waals surface area contributed by atoms with Crippen molar-refractivity contribution in [3.8, 4) is 11.5 Å². The Kier molecular flexibility index (Phi) is 4.87. The first kappa shape index (κ1) is 15.7. The molecule has 0 saturated carbocycles. The number of aryl methyl sites for hydroxylation is 1. The number of hydrogen-bond donors (Lipinski definition) is 1. The van der Waals surface area contributed by atoms with Gasteiger partial charge in [0.05, 0.1) is 5.56 Å². The molecule has 0 unspecified atom stereocenters. The van der Waals surface area contributed by atoms with Crippen LogP contribution in [-0.2, 0) is 6.54 Å². The summed E-state index contributed by atoms with van der Waals surface area (Å²) in [6.07, 6.45) is 3.19. The van der Waals surface area contributed by atoms with Gasteiger partial charge in [-0.15, -0.1) is 0 Å². The number of rotatable bonds is 5. The van der Waals surface area contributed by atoms with Crippen LogP contribution in [0, 0.1) is 6.92 Å². The third kappa shape index (κ3) is 4.20. The van der Waals surface area contributed by atoms with Gasteiger partial charge in [0.15, 0.2) is 0 Å². The highest BCUT2D eigenvalue weighted by molar-refractivity contribution is 5.93. The van der Waals surface area contributed by atoms with Crippen molar-refractivity contribution in [2.24, 2.45) is 0 Å². The zero-order chi connectivity index (χ0) is 16.8. The largest absolute Gasteiger partial charge is 0.457 e. The zero-order valence-electron chi connectivity index (χ0n) is 13.4. The number of amides is 1. The first-order valence-corrected chi connectivity index (χ1v) is 7.72. The zero-order valence-corrected chi connectivity index (χ0v) is 13.4. The number of carbonyl (C=O) groups is 1. The second kappa shape index (κ2) is 7.42. The summed E-state index contributed by atoms with van der Waals surface area (Å²) >= 11 is 0. The maximum absolute atomic E-state index is 12.0. The van der Waals surface area contributed by atoms with Crippen LogP contribution in [0.4, 0.5) is 0 Å². The fourth-order valence-corrected chi connectivity index (χ4v) is 2.27. The predicted molar refractivity (Wildman–Crippen MR) is 93.1 cm³/mol. The first-order chi connectivity index (χ1) is 11.7. The maximum Gasteiger partial charge on any atom is 0.253 e. The molecule has 0 spiro atoms. The van der Waals surface area contributed by atoms with Crippen molar-refractivity contribution in [3.63, 3.8) is 0 Å². The van der Waals surface area contributed by atoms with Crippen LogP contribution < -0.4 is 10.1 Å². The van der Waals surface area contributed by atoms with Crippen LogP contribution in [0.1, 0.15) is 21.5 Å². The Morgan fingerprint density at radius 2 is 1.88 bits per heavy atom. The van der Waals surface area contributed by atoms with Gasteiger partial charge in [0.25, 0.3) is 5.91 Å². The van der Waals surface area contributed by atoms with E-state index in [4.69, 9.17) is 4.74 Å². The Bertz CT molecular complexity index is 815. The Balaban J connectivity index is 1.57. The van der Waals surface area contributed by atoms with E-state index in [9.17, 15) is 4.79 Å².